The number of nitrogens with one attached hydrogen (secondary N) is 1. The molecule has 0 spiro atoms. The van der Waals surface area contributed by atoms with Gasteiger partial charge >= 0.3 is 5.97 Å². The van der Waals surface area contributed by atoms with Crippen molar-refractivity contribution >= 4 is 5.97 Å². The third kappa shape index (κ3) is 5.83. The van der Waals surface area contributed by atoms with E-state index in [0.717, 1.165) is 38.9 Å². The Morgan fingerprint density at radius 1 is 1.22 bits per heavy atom. The van der Waals surface area contributed by atoms with Crippen LogP contribution in [0.2, 0.25) is 0 Å². The minimum Gasteiger partial charge on any atom is -0.465 e. The molecular weight excluding hydrogens is 228 g/mol. The van der Waals surface area contributed by atoms with Gasteiger partial charge in [-0.3, -0.25) is 4.79 Å². The van der Waals surface area contributed by atoms with Gasteiger partial charge in [-0.15, -0.1) is 0 Å². The summed E-state index contributed by atoms with van der Waals surface area (Å²) in [5.74, 6) is -0.143. The summed E-state index contributed by atoms with van der Waals surface area (Å²) < 4.78 is 5.11. The Balaban J connectivity index is 4.03. The molecule has 108 valence electrons. The molecule has 0 saturated heterocycles. The van der Waals surface area contributed by atoms with Crippen molar-refractivity contribution in [2.75, 3.05) is 33.3 Å². The van der Waals surface area contributed by atoms with Crippen molar-refractivity contribution in [2.45, 2.75) is 52.5 Å². The standard InChI is InChI=1S/C14H30N2O2/c1-6-16(7-2)12-10-9-11-14(4,15-5)13(17)18-8-3/h15H,6-12H2,1-5H3. The maximum Gasteiger partial charge on any atom is 0.326 e. The second-order valence-corrected chi connectivity index (χ2v) is 4.79. The molecule has 0 heterocycles. The molecule has 0 saturated carbocycles. The second kappa shape index (κ2) is 9.34. The molecule has 0 fully saturated rings. The summed E-state index contributed by atoms with van der Waals surface area (Å²) in [4.78, 5) is 14.2. The van der Waals surface area contributed by atoms with Crippen molar-refractivity contribution in [2.24, 2.45) is 0 Å². The summed E-state index contributed by atoms with van der Waals surface area (Å²) in [6.45, 7) is 11.9. The summed E-state index contributed by atoms with van der Waals surface area (Å²) in [7, 11) is 1.82. The lowest BCUT2D eigenvalue weighted by molar-refractivity contribution is -0.150. The summed E-state index contributed by atoms with van der Waals surface area (Å²) in [5.41, 5.74) is -0.542. The highest BCUT2D eigenvalue weighted by molar-refractivity contribution is 5.80. The number of nitrogens with zero attached hydrogens (tertiary/aromatic N) is 1. The van der Waals surface area contributed by atoms with Crippen LogP contribution in [0.3, 0.4) is 0 Å². The van der Waals surface area contributed by atoms with Gasteiger partial charge in [0.25, 0.3) is 0 Å². The van der Waals surface area contributed by atoms with Gasteiger partial charge in [-0.2, -0.15) is 0 Å². The molecular formula is C14H30N2O2. The monoisotopic (exact) mass is 258 g/mol. The molecule has 0 bridgehead atoms. The number of hydrogen-bond acceptors (Lipinski definition) is 4. The maximum atomic E-state index is 11.8. The van der Waals surface area contributed by atoms with Crippen molar-refractivity contribution in [3.8, 4) is 0 Å². The van der Waals surface area contributed by atoms with Crippen LogP contribution in [0.1, 0.15) is 47.0 Å². The molecule has 0 aromatic rings. The number of carbonyl (C=O) groups excluding carboxylic acids is 1. The van der Waals surface area contributed by atoms with Gasteiger partial charge in [0.2, 0.25) is 0 Å². The van der Waals surface area contributed by atoms with E-state index >= 15 is 0 Å². The van der Waals surface area contributed by atoms with E-state index in [1.807, 2.05) is 20.9 Å². The van der Waals surface area contributed by atoms with Crippen LogP contribution in [0.25, 0.3) is 0 Å². The van der Waals surface area contributed by atoms with Crippen LogP contribution in [-0.2, 0) is 9.53 Å². The van der Waals surface area contributed by atoms with E-state index in [1.165, 1.54) is 0 Å². The van der Waals surface area contributed by atoms with Crippen molar-refractivity contribution in [1.82, 2.24) is 10.2 Å². The molecule has 0 rings (SSSR count). The molecule has 18 heavy (non-hydrogen) atoms. The Labute approximate surface area is 112 Å². The average Bonchev–Trinajstić information content (AvgIpc) is 2.39. The number of rotatable bonds is 10. The zero-order valence-electron chi connectivity index (χ0n) is 12.7. The first kappa shape index (κ1) is 17.4. The number of esters is 1. The number of likely N-dealkylation sites (N-methyl/N-ethyl adjacent to an activating group) is 1. The highest BCUT2D eigenvalue weighted by Crippen LogP contribution is 2.15. The highest BCUT2D eigenvalue weighted by atomic mass is 16.5. The van der Waals surface area contributed by atoms with E-state index in [0.29, 0.717) is 6.61 Å². The predicted octanol–water partition coefficient (Wildman–Crippen LogP) is 2.04. The molecule has 1 atom stereocenters. The van der Waals surface area contributed by atoms with Crippen molar-refractivity contribution in [1.29, 1.82) is 0 Å². The van der Waals surface area contributed by atoms with Crippen LogP contribution < -0.4 is 5.32 Å². The lowest BCUT2D eigenvalue weighted by Crippen LogP contribution is -2.48. The van der Waals surface area contributed by atoms with Crippen molar-refractivity contribution in [3.05, 3.63) is 0 Å². The van der Waals surface area contributed by atoms with Crippen LogP contribution >= 0.6 is 0 Å². The predicted molar refractivity (Wildman–Crippen MR) is 75.7 cm³/mol. The fourth-order valence-corrected chi connectivity index (χ4v) is 1.97. The van der Waals surface area contributed by atoms with Crippen molar-refractivity contribution in [3.63, 3.8) is 0 Å². The number of unbranched alkanes of at least 4 members (excludes halogenated alkanes) is 1. The molecule has 1 N–H and O–H groups in total. The second-order valence-electron chi connectivity index (χ2n) is 4.79. The van der Waals surface area contributed by atoms with Gasteiger partial charge in [0.15, 0.2) is 0 Å². The van der Waals surface area contributed by atoms with Crippen LogP contribution in [0.4, 0.5) is 0 Å². The van der Waals surface area contributed by atoms with Gasteiger partial charge < -0.3 is 15.0 Å². The van der Waals surface area contributed by atoms with Gasteiger partial charge in [-0.05, 0) is 59.8 Å². The lowest BCUT2D eigenvalue weighted by atomic mass is 9.95. The van der Waals surface area contributed by atoms with Crippen LogP contribution in [-0.4, -0.2) is 49.7 Å². The topological polar surface area (TPSA) is 41.6 Å². The number of ether oxygens (including phenoxy) is 1. The Morgan fingerprint density at radius 3 is 2.28 bits per heavy atom. The van der Waals surface area contributed by atoms with Gasteiger partial charge in [0, 0.05) is 0 Å². The first-order valence-corrected chi connectivity index (χ1v) is 7.12. The third-order valence-corrected chi connectivity index (χ3v) is 3.57. The lowest BCUT2D eigenvalue weighted by Gasteiger charge is -2.27. The van der Waals surface area contributed by atoms with E-state index in [-0.39, 0.29) is 5.97 Å². The molecule has 4 nitrogen and oxygen atoms in total. The molecule has 1 unspecified atom stereocenters. The SMILES string of the molecule is CCOC(=O)C(C)(CCCCN(CC)CC)NC. The van der Waals surface area contributed by atoms with Gasteiger partial charge in [-0.1, -0.05) is 13.8 Å². The molecule has 0 aliphatic rings. The highest BCUT2D eigenvalue weighted by Gasteiger charge is 2.32. The molecule has 0 aromatic carbocycles. The number of hydrogen-bond donors (Lipinski definition) is 1. The molecule has 4 heteroatoms. The third-order valence-electron chi connectivity index (χ3n) is 3.57. The summed E-state index contributed by atoms with van der Waals surface area (Å²) in [6, 6.07) is 0. The first-order chi connectivity index (χ1) is 8.53. The van der Waals surface area contributed by atoms with Crippen molar-refractivity contribution < 1.29 is 9.53 Å². The molecule has 0 aliphatic heterocycles. The summed E-state index contributed by atoms with van der Waals surface area (Å²) >= 11 is 0. The van der Waals surface area contributed by atoms with E-state index < -0.39 is 5.54 Å². The Morgan fingerprint density at radius 2 is 1.83 bits per heavy atom. The zero-order valence-corrected chi connectivity index (χ0v) is 12.7. The zero-order chi connectivity index (χ0) is 14.0. The average molecular weight is 258 g/mol. The van der Waals surface area contributed by atoms with Gasteiger partial charge in [0.05, 0.1) is 6.61 Å². The minimum atomic E-state index is -0.542. The van der Waals surface area contributed by atoms with Crippen LogP contribution in [0.15, 0.2) is 0 Å². The molecule has 0 radical (unpaired) electrons. The van der Waals surface area contributed by atoms with E-state index in [2.05, 4.69) is 24.1 Å². The van der Waals surface area contributed by atoms with E-state index in [1.54, 1.807) is 0 Å². The fraction of sp³-hybridized carbons (Fsp3) is 0.929. The smallest absolute Gasteiger partial charge is 0.326 e. The summed E-state index contributed by atoms with van der Waals surface area (Å²) in [6.07, 6.45) is 2.98. The van der Waals surface area contributed by atoms with Crippen LogP contribution in [0.5, 0.6) is 0 Å². The first-order valence-electron chi connectivity index (χ1n) is 7.12. The van der Waals surface area contributed by atoms with Gasteiger partial charge in [0.1, 0.15) is 5.54 Å². The largest absolute Gasteiger partial charge is 0.465 e. The maximum absolute atomic E-state index is 11.8. The van der Waals surface area contributed by atoms with E-state index in [4.69, 9.17) is 4.74 Å². The minimum absolute atomic E-state index is 0.143. The Hall–Kier alpha value is -0.610. The quantitative estimate of drug-likeness (QED) is 0.481. The molecule has 0 aromatic heterocycles. The number of carbonyl (C=O) groups is 1. The van der Waals surface area contributed by atoms with E-state index in [9.17, 15) is 4.79 Å². The normalized spacial score (nSPS) is 14.6. The summed E-state index contributed by atoms with van der Waals surface area (Å²) in [5, 5.41) is 3.09. The van der Waals surface area contributed by atoms with Crippen LogP contribution in [0, 0.1) is 0 Å². The van der Waals surface area contributed by atoms with Gasteiger partial charge in [-0.25, -0.2) is 0 Å². The Kier molecular flexibility index (Phi) is 9.02. The molecule has 0 aliphatic carbocycles. The Bertz CT molecular complexity index is 230. The fourth-order valence-electron chi connectivity index (χ4n) is 1.97. The molecule has 0 amide bonds.